The summed E-state index contributed by atoms with van der Waals surface area (Å²) in [4.78, 5) is 25.1. The molecule has 1 saturated heterocycles. The van der Waals surface area contributed by atoms with Crippen molar-refractivity contribution in [2.24, 2.45) is 0 Å². The number of piperazine rings is 1. The number of aromatic nitrogens is 2. The molecule has 30 heavy (non-hydrogen) atoms. The number of pyridine rings is 2. The summed E-state index contributed by atoms with van der Waals surface area (Å²) in [6, 6.07) is 11.1. The minimum Gasteiger partial charge on any atom is -0.471 e. The summed E-state index contributed by atoms with van der Waals surface area (Å²) in [6.07, 6.45) is 1.24. The number of ether oxygens (including phenoxy) is 2. The van der Waals surface area contributed by atoms with Crippen LogP contribution in [0.1, 0.15) is 39.0 Å². The molecule has 1 aliphatic rings. The fourth-order valence-corrected chi connectivity index (χ4v) is 3.14. The molecule has 0 N–H and O–H groups in total. The first-order chi connectivity index (χ1) is 14.2. The van der Waals surface area contributed by atoms with Crippen molar-refractivity contribution >= 4 is 11.9 Å². The third-order valence-corrected chi connectivity index (χ3v) is 4.61. The van der Waals surface area contributed by atoms with Crippen LogP contribution < -0.4 is 9.64 Å². The predicted molar refractivity (Wildman–Crippen MR) is 112 cm³/mol. The summed E-state index contributed by atoms with van der Waals surface area (Å²) in [6.45, 7) is 9.78. The van der Waals surface area contributed by atoms with E-state index in [0.29, 0.717) is 31.1 Å². The lowest BCUT2D eigenvalue weighted by atomic mass is 10.2. The van der Waals surface area contributed by atoms with E-state index in [0.717, 1.165) is 11.5 Å². The fourth-order valence-electron chi connectivity index (χ4n) is 3.14. The van der Waals surface area contributed by atoms with Gasteiger partial charge in [0.05, 0.1) is 11.3 Å². The van der Waals surface area contributed by atoms with E-state index in [2.05, 4.69) is 14.9 Å². The van der Waals surface area contributed by atoms with Gasteiger partial charge in [-0.05, 0) is 45.9 Å². The van der Waals surface area contributed by atoms with Crippen LogP contribution in [0.5, 0.6) is 5.88 Å². The highest BCUT2D eigenvalue weighted by Gasteiger charge is 2.31. The van der Waals surface area contributed by atoms with Gasteiger partial charge in [-0.2, -0.15) is 10.2 Å². The maximum atomic E-state index is 12.4. The molecule has 2 aromatic heterocycles. The Kier molecular flexibility index (Phi) is 6.40. The van der Waals surface area contributed by atoms with Crippen molar-refractivity contribution in [1.82, 2.24) is 14.9 Å². The van der Waals surface area contributed by atoms with Gasteiger partial charge in [-0.25, -0.2) is 4.79 Å². The highest BCUT2D eigenvalue weighted by Crippen LogP contribution is 2.22. The molecule has 0 aromatic carbocycles. The van der Waals surface area contributed by atoms with Crippen molar-refractivity contribution in [1.29, 1.82) is 5.26 Å². The summed E-state index contributed by atoms with van der Waals surface area (Å²) < 4.78 is 11.3. The Labute approximate surface area is 177 Å². The van der Waals surface area contributed by atoms with Gasteiger partial charge in [-0.3, -0.25) is 4.98 Å². The molecule has 0 saturated carbocycles. The number of hydrogen-bond acceptors (Lipinski definition) is 7. The van der Waals surface area contributed by atoms with Crippen LogP contribution in [0.4, 0.5) is 10.6 Å². The van der Waals surface area contributed by atoms with Crippen molar-refractivity contribution in [3.63, 3.8) is 0 Å². The van der Waals surface area contributed by atoms with Crippen molar-refractivity contribution in [2.45, 2.75) is 45.9 Å². The van der Waals surface area contributed by atoms with Gasteiger partial charge in [0.25, 0.3) is 0 Å². The maximum Gasteiger partial charge on any atom is 0.410 e. The van der Waals surface area contributed by atoms with E-state index in [-0.39, 0.29) is 18.7 Å². The Morgan fingerprint density at radius 1 is 1.27 bits per heavy atom. The van der Waals surface area contributed by atoms with Crippen LogP contribution in [0.2, 0.25) is 0 Å². The van der Waals surface area contributed by atoms with Crippen molar-refractivity contribution in [2.75, 3.05) is 24.5 Å². The monoisotopic (exact) mass is 409 g/mol. The smallest absolute Gasteiger partial charge is 0.410 e. The predicted octanol–water partition coefficient (Wildman–Crippen LogP) is 3.37. The van der Waals surface area contributed by atoms with E-state index in [1.165, 1.54) is 6.20 Å². The van der Waals surface area contributed by atoms with E-state index >= 15 is 0 Å². The molecule has 8 heteroatoms. The SMILES string of the molecule is CC1CN(c2cccc(OCc3ccc(C#N)cn3)n2)CCN1C(=O)OC(C)(C)C. The lowest BCUT2D eigenvalue weighted by molar-refractivity contribution is 0.0158. The Bertz CT molecular complexity index is 918. The molecule has 1 amide bonds. The Hall–Kier alpha value is -3.34. The largest absolute Gasteiger partial charge is 0.471 e. The lowest BCUT2D eigenvalue weighted by Crippen LogP contribution is -2.55. The molecule has 0 aliphatic carbocycles. The molecular formula is C22H27N5O3. The van der Waals surface area contributed by atoms with Crippen LogP contribution in [0, 0.1) is 11.3 Å². The molecule has 3 rings (SSSR count). The molecule has 0 bridgehead atoms. The van der Waals surface area contributed by atoms with Gasteiger partial charge < -0.3 is 19.3 Å². The molecule has 1 atom stereocenters. The summed E-state index contributed by atoms with van der Waals surface area (Å²) in [7, 11) is 0. The van der Waals surface area contributed by atoms with Gasteiger partial charge in [-0.1, -0.05) is 6.07 Å². The van der Waals surface area contributed by atoms with Gasteiger partial charge in [0.2, 0.25) is 5.88 Å². The summed E-state index contributed by atoms with van der Waals surface area (Å²) >= 11 is 0. The molecule has 0 radical (unpaired) electrons. The van der Waals surface area contributed by atoms with Crippen molar-refractivity contribution < 1.29 is 14.3 Å². The van der Waals surface area contributed by atoms with Crippen molar-refractivity contribution in [3.8, 4) is 11.9 Å². The first kappa shape index (κ1) is 21.4. The number of hydrogen-bond donors (Lipinski definition) is 0. The number of nitrogens with zero attached hydrogens (tertiary/aromatic N) is 5. The number of rotatable bonds is 4. The summed E-state index contributed by atoms with van der Waals surface area (Å²) in [5, 5.41) is 8.84. The number of carbonyl (C=O) groups is 1. The second kappa shape index (κ2) is 8.99. The van der Waals surface area contributed by atoms with Crippen LogP contribution in [-0.4, -0.2) is 52.2 Å². The number of anilines is 1. The summed E-state index contributed by atoms with van der Waals surface area (Å²) in [5.74, 6) is 1.30. The zero-order chi connectivity index (χ0) is 21.7. The Morgan fingerprint density at radius 2 is 2.07 bits per heavy atom. The van der Waals surface area contributed by atoms with E-state index in [1.807, 2.05) is 45.9 Å². The molecule has 3 heterocycles. The number of nitriles is 1. The minimum absolute atomic E-state index is 0.00261. The normalized spacial score (nSPS) is 16.7. The molecule has 2 aromatic rings. The van der Waals surface area contributed by atoms with E-state index in [1.54, 1.807) is 23.1 Å². The van der Waals surface area contributed by atoms with Gasteiger partial charge in [-0.15, -0.1) is 0 Å². The molecule has 1 unspecified atom stereocenters. The average molecular weight is 409 g/mol. The van der Waals surface area contributed by atoms with Gasteiger partial charge in [0, 0.05) is 37.9 Å². The quantitative estimate of drug-likeness (QED) is 0.764. The second-order valence-corrected chi connectivity index (χ2v) is 8.24. The molecule has 1 fully saturated rings. The third-order valence-electron chi connectivity index (χ3n) is 4.61. The zero-order valence-electron chi connectivity index (χ0n) is 17.8. The minimum atomic E-state index is -0.509. The van der Waals surface area contributed by atoms with E-state index in [4.69, 9.17) is 14.7 Å². The highest BCUT2D eigenvalue weighted by atomic mass is 16.6. The van der Waals surface area contributed by atoms with Crippen LogP contribution in [0.15, 0.2) is 36.5 Å². The summed E-state index contributed by atoms with van der Waals surface area (Å²) in [5.41, 5.74) is 0.726. The molecule has 1 aliphatic heterocycles. The first-order valence-electron chi connectivity index (χ1n) is 9.94. The molecular weight excluding hydrogens is 382 g/mol. The number of carbonyl (C=O) groups excluding carboxylic acids is 1. The van der Waals surface area contributed by atoms with Crippen LogP contribution >= 0.6 is 0 Å². The number of amides is 1. The van der Waals surface area contributed by atoms with Crippen molar-refractivity contribution in [3.05, 3.63) is 47.8 Å². The average Bonchev–Trinajstić information content (AvgIpc) is 2.71. The first-order valence-corrected chi connectivity index (χ1v) is 9.94. The second-order valence-electron chi connectivity index (χ2n) is 8.24. The fraction of sp³-hybridized carbons (Fsp3) is 0.455. The highest BCUT2D eigenvalue weighted by molar-refractivity contribution is 5.69. The molecule has 158 valence electrons. The topological polar surface area (TPSA) is 91.6 Å². The van der Waals surface area contributed by atoms with Crippen LogP contribution in [0.3, 0.4) is 0 Å². The Morgan fingerprint density at radius 3 is 2.70 bits per heavy atom. The van der Waals surface area contributed by atoms with E-state index < -0.39 is 5.60 Å². The lowest BCUT2D eigenvalue weighted by Gasteiger charge is -2.40. The third kappa shape index (κ3) is 5.60. The van der Waals surface area contributed by atoms with Gasteiger partial charge in [0.1, 0.15) is 24.1 Å². The Balaban J connectivity index is 1.59. The maximum absolute atomic E-state index is 12.4. The zero-order valence-corrected chi connectivity index (χ0v) is 17.8. The standard InChI is InChI=1S/C22H27N5O3/c1-16-14-26(10-11-27(16)21(28)30-22(2,3)4)19-6-5-7-20(25-19)29-15-18-9-8-17(12-23)13-24-18/h5-9,13,16H,10-11,14-15H2,1-4H3. The van der Waals surface area contributed by atoms with E-state index in [9.17, 15) is 4.79 Å². The molecule has 0 spiro atoms. The molecule has 8 nitrogen and oxygen atoms in total. The van der Waals surface area contributed by atoms with Crippen LogP contribution in [0.25, 0.3) is 0 Å². The van der Waals surface area contributed by atoms with Gasteiger partial charge >= 0.3 is 6.09 Å². The van der Waals surface area contributed by atoms with Crippen LogP contribution in [-0.2, 0) is 11.3 Å². The van der Waals surface area contributed by atoms with Gasteiger partial charge in [0.15, 0.2) is 0 Å².